The molecule has 136 valence electrons. The van der Waals surface area contributed by atoms with E-state index in [4.69, 9.17) is 24.7 Å². The normalized spacial score (nSPS) is 24.8. The first-order chi connectivity index (χ1) is 12.4. The second-order valence-corrected chi connectivity index (χ2v) is 6.44. The first-order valence-corrected chi connectivity index (χ1v) is 8.15. The summed E-state index contributed by atoms with van der Waals surface area (Å²) >= 11 is 0. The number of esters is 1. The number of methoxy groups -OCH3 is 1. The molecular weight excluding hydrogens is 336 g/mol. The zero-order chi connectivity index (χ0) is 18.9. The van der Waals surface area contributed by atoms with Crippen LogP contribution in [-0.4, -0.2) is 31.6 Å². The van der Waals surface area contributed by atoms with Crippen LogP contribution in [-0.2, 0) is 23.7 Å². The average Bonchev–Trinajstić information content (AvgIpc) is 3.00. The Hall–Kier alpha value is -2.82. The number of ether oxygens (including phenoxy) is 4. The molecule has 1 saturated heterocycles. The molecule has 2 heterocycles. The van der Waals surface area contributed by atoms with Crippen LogP contribution in [0.1, 0.15) is 19.4 Å². The van der Waals surface area contributed by atoms with Gasteiger partial charge in [0.05, 0.1) is 37.4 Å². The van der Waals surface area contributed by atoms with Gasteiger partial charge in [-0.25, -0.2) is 4.79 Å². The third-order valence-electron chi connectivity index (χ3n) is 4.31. The molecule has 1 fully saturated rings. The largest absolute Gasteiger partial charge is 0.465 e. The number of carbonyl (C=O) groups excluding carboxylic acids is 1. The third-order valence-corrected chi connectivity index (χ3v) is 4.31. The van der Waals surface area contributed by atoms with Crippen molar-refractivity contribution in [3.8, 4) is 6.07 Å². The van der Waals surface area contributed by atoms with Gasteiger partial charge in [0.15, 0.2) is 11.5 Å². The Labute approximate surface area is 151 Å². The molecule has 0 aliphatic carbocycles. The molecular formula is C19H20N2O5. The molecule has 0 bridgehead atoms. The van der Waals surface area contributed by atoms with Gasteiger partial charge < -0.3 is 24.7 Å². The van der Waals surface area contributed by atoms with E-state index in [1.165, 1.54) is 7.11 Å². The van der Waals surface area contributed by atoms with E-state index >= 15 is 0 Å². The number of hydrogen-bond acceptors (Lipinski definition) is 7. The third kappa shape index (κ3) is 3.17. The topological polar surface area (TPSA) is 104 Å². The van der Waals surface area contributed by atoms with Gasteiger partial charge in [-0.2, -0.15) is 5.26 Å². The van der Waals surface area contributed by atoms with Crippen LogP contribution < -0.4 is 5.73 Å². The molecule has 2 atom stereocenters. The van der Waals surface area contributed by atoms with Crippen LogP contribution >= 0.6 is 0 Å². The van der Waals surface area contributed by atoms with Crippen molar-refractivity contribution in [3.05, 3.63) is 52.9 Å². The Morgan fingerprint density at radius 1 is 1.35 bits per heavy atom. The highest BCUT2D eigenvalue weighted by Gasteiger charge is 2.47. The maximum atomic E-state index is 12.3. The zero-order valence-corrected chi connectivity index (χ0v) is 14.8. The summed E-state index contributed by atoms with van der Waals surface area (Å²) in [7, 11) is 1.25. The molecule has 2 aliphatic heterocycles. The Bertz CT molecular complexity index is 820. The summed E-state index contributed by atoms with van der Waals surface area (Å²) in [5.41, 5.74) is 7.03. The lowest BCUT2D eigenvalue weighted by Crippen LogP contribution is -2.36. The van der Waals surface area contributed by atoms with Crippen molar-refractivity contribution in [1.82, 2.24) is 0 Å². The predicted molar refractivity (Wildman–Crippen MR) is 91.7 cm³/mol. The van der Waals surface area contributed by atoms with Gasteiger partial charge >= 0.3 is 5.97 Å². The maximum Gasteiger partial charge on any atom is 0.339 e. The fraction of sp³-hybridized carbons (Fsp3) is 0.368. The molecule has 0 amide bonds. The predicted octanol–water partition coefficient (Wildman–Crippen LogP) is 2.06. The standard InChI is InChI=1S/C19H20N2O5/c1-19(2)24-10-13(26-19)14-12(9-20)16(11-7-5-4-6-8-11)25-17(21)15(14)18(22)23-3/h4-8,13-14H,10,21H2,1-3H3/t13?,14-/m1/s1. The van der Waals surface area contributed by atoms with Crippen molar-refractivity contribution in [2.75, 3.05) is 13.7 Å². The highest BCUT2D eigenvalue weighted by molar-refractivity contribution is 5.92. The molecule has 26 heavy (non-hydrogen) atoms. The Morgan fingerprint density at radius 2 is 2.04 bits per heavy atom. The number of nitriles is 1. The Morgan fingerprint density at radius 3 is 2.58 bits per heavy atom. The number of nitrogens with zero attached hydrogens (tertiary/aromatic N) is 1. The summed E-state index contributed by atoms with van der Waals surface area (Å²) in [6.07, 6.45) is -0.574. The molecule has 1 aromatic rings. The number of carbonyl (C=O) groups is 1. The molecule has 2 aliphatic rings. The number of nitrogens with two attached hydrogens (primary N) is 1. The van der Waals surface area contributed by atoms with Crippen molar-refractivity contribution >= 4 is 11.7 Å². The van der Waals surface area contributed by atoms with E-state index in [0.717, 1.165) is 0 Å². The van der Waals surface area contributed by atoms with Crippen LogP contribution in [0.15, 0.2) is 47.4 Å². The van der Waals surface area contributed by atoms with Crippen LogP contribution in [0.3, 0.4) is 0 Å². The van der Waals surface area contributed by atoms with Crippen LogP contribution in [0.4, 0.5) is 0 Å². The Kier molecular flexibility index (Phi) is 4.72. The van der Waals surface area contributed by atoms with Gasteiger partial charge in [-0.1, -0.05) is 30.3 Å². The van der Waals surface area contributed by atoms with Crippen molar-refractivity contribution in [1.29, 1.82) is 5.26 Å². The highest BCUT2D eigenvalue weighted by atomic mass is 16.7. The minimum absolute atomic E-state index is 0.0648. The lowest BCUT2D eigenvalue weighted by Gasteiger charge is -2.30. The van der Waals surface area contributed by atoms with E-state index < -0.39 is 23.8 Å². The van der Waals surface area contributed by atoms with E-state index in [9.17, 15) is 10.1 Å². The van der Waals surface area contributed by atoms with Gasteiger partial charge in [0.2, 0.25) is 5.88 Å². The summed E-state index contributed by atoms with van der Waals surface area (Å²) in [4.78, 5) is 12.3. The Balaban J connectivity index is 2.14. The maximum absolute atomic E-state index is 12.3. The van der Waals surface area contributed by atoms with E-state index in [1.807, 2.05) is 18.2 Å². The summed E-state index contributed by atoms with van der Waals surface area (Å²) in [5.74, 6) is -2.05. The van der Waals surface area contributed by atoms with Crippen LogP contribution in [0.2, 0.25) is 0 Å². The van der Waals surface area contributed by atoms with Crippen LogP contribution in [0.25, 0.3) is 5.76 Å². The van der Waals surface area contributed by atoms with Crippen molar-refractivity contribution in [2.45, 2.75) is 25.7 Å². The molecule has 1 unspecified atom stereocenters. The quantitative estimate of drug-likeness (QED) is 0.827. The van der Waals surface area contributed by atoms with Crippen molar-refractivity contribution in [2.24, 2.45) is 11.7 Å². The number of rotatable bonds is 3. The number of hydrogen-bond donors (Lipinski definition) is 1. The first-order valence-electron chi connectivity index (χ1n) is 8.15. The second-order valence-electron chi connectivity index (χ2n) is 6.44. The highest BCUT2D eigenvalue weighted by Crippen LogP contribution is 2.42. The fourth-order valence-electron chi connectivity index (χ4n) is 3.17. The monoisotopic (exact) mass is 356 g/mol. The molecule has 7 heteroatoms. The average molecular weight is 356 g/mol. The van der Waals surface area contributed by atoms with Gasteiger partial charge in [-0.05, 0) is 13.8 Å². The molecule has 7 nitrogen and oxygen atoms in total. The van der Waals surface area contributed by atoms with Crippen molar-refractivity contribution in [3.63, 3.8) is 0 Å². The molecule has 0 aromatic heterocycles. The van der Waals surface area contributed by atoms with Gasteiger partial charge in [0, 0.05) is 5.56 Å². The molecule has 0 saturated carbocycles. The first kappa shape index (κ1) is 18.0. The van der Waals surface area contributed by atoms with E-state index in [-0.39, 0.29) is 23.6 Å². The van der Waals surface area contributed by atoms with E-state index in [0.29, 0.717) is 11.3 Å². The minimum atomic E-state index is -0.827. The lowest BCUT2D eigenvalue weighted by atomic mass is 9.83. The summed E-state index contributed by atoms with van der Waals surface area (Å²) < 4.78 is 22.1. The molecule has 0 radical (unpaired) electrons. The van der Waals surface area contributed by atoms with Gasteiger partial charge in [0.1, 0.15) is 5.57 Å². The summed E-state index contributed by atoms with van der Waals surface area (Å²) in [6.45, 7) is 3.74. The van der Waals surface area contributed by atoms with Gasteiger partial charge in [-0.15, -0.1) is 0 Å². The number of benzene rings is 1. The fourth-order valence-corrected chi connectivity index (χ4v) is 3.17. The summed E-state index contributed by atoms with van der Waals surface area (Å²) in [5, 5.41) is 9.84. The molecule has 2 N–H and O–H groups in total. The second kappa shape index (κ2) is 6.83. The smallest absolute Gasteiger partial charge is 0.339 e. The summed E-state index contributed by atoms with van der Waals surface area (Å²) in [6, 6.07) is 11.3. The minimum Gasteiger partial charge on any atom is -0.465 e. The van der Waals surface area contributed by atoms with Crippen molar-refractivity contribution < 1.29 is 23.7 Å². The van der Waals surface area contributed by atoms with Crippen LogP contribution in [0, 0.1) is 17.2 Å². The molecule has 3 rings (SSSR count). The SMILES string of the molecule is COC(=O)C1=C(N)OC(c2ccccc2)=C(C#N)[C@@H]1C1COC(C)(C)O1. The lowest BCUT2D eigenvalue weighted by molar-refractivity contribution is -0.145. The zero-order valence-electron chi connectivity index (χ0n) is 14.8. The van der Waals surface area contributed by atoms with Gasteiger partial charge in [-0.3, -0.25) is 0 Å². The van der Waals surface area contributed by atoms with Gasteiger partial charge in [0.25, 0.3) is 0 Å². The van der Waals surface area contributed by atoms with E-state index in [2.05, 4.69) is 6.07 Å². The molecule has 1 aromatic carbocycles. The van der Waals surface area contributed by atoms with E-state index in [1.54, 1.807) is 26.0 Å². The molecule has 0 spiro atoms. The van der Waals surface area contributed by atoms with Crippen LogP contribution in [0.5, 0.6) is 0 Å².